The Balaban J connectivity index is 1.94. The van der Waals surface area contributed by atoms with E-state index in [0.29, 0.717) is 30.3 Å². The molecule has 0 spiro atoms. The van der Waals surface area contributed by atoms with Gasteiger partial charge >= 0.3 is 12.4 Å². The molecule has 1 N–H and O–H groups in total. The van der Waals surface area contributed by atoms with Gasteiger partial charge in [-0.3, -0.25) is 9.59 Å². The average Bonchev–Trinajstić information content (AvgIpc) is 2.85. The number of nitrogens with one attached hydrogen (secondary N) is 1. The molecule has 1 aliphatic heterocycles. The van der Waals surface area contributed by atoms with Crippen LogP contribution < -0.4 is 15.0 Å². The van der Waals surface area contributed by atoms with Crippen LogP contribution in [0.15, 0.2) is 36.4 Å². The minimum Gasteiger partial charge on any atom is -0.490 e. The number of alkyl halides is 6. The molecular weight excluding hydrogens is 490 g/mol. The summed E-state index contributed by atoms with van der Waals surface area (Å²) in [7, 11) is 0. The third-order valence-corrected chi connectivity index (χ3v) is 5.70. The quantitative estimate of drug-likeness (QED) is 0.446. The Morgan fingerprint density at radius 1 is 1.03 bits per heavy atom. The van der Waals surface area contributed by atoms with Crippen molar-refractivity contribution in [2.24, 2.45) is 11.3 Å². The molecule has 196 valence electrons. The van der Waals surface area contributed by atoms with Crippen LogP contribution in [-0.4, -0.2) is 25.0 Å². The number of rotatable bonds is 5. The number of fused-ring (bicyclic) bond motifs is 1. The van der Waals surface area contributed by atoms with Crippen molar-refractivity contribution in [1.29, 1.82) is 0 Å². The molecule has 11 heteroatoms. The van der Waals surface area contributed by atoms with Crippen molar-refractivity contribution in [2.45, 2.75) is 46.5 Å². The van der Waals surface area contributed by atoms with Crippen molar-refractivity contribution in [3.63, 3.8) is 0 Å². The Hall–Kier alpha value is -3.24. The molecule has 0 fully saturated rings. The highest BCUT2D eigenvalue weighted by Crippen LogP contribution is 2.39. The zero-order chi connectivity index (χ0) is 27.1. The minimum absolute atomic E-state index is 0.0387. The highest BCUT2D eigenvalue weighted by atomic mass is 19.4. The highest BCUT2D eigenvalue weighted by molar-refractivity contribution is 6.05. The molecule has 0 saturated carbocycles. The van der Waals surface area contributed by atoms with Gasteiger partial charge in [-0.15, -0.1) is 0 Å². The van der Waals surface area contributed by atoms with Gasteiger partial charge in [-0.2, -0.15) is 26.3 Å². The van der Waals surface area contributed by atoms with Crippen LogP contribution in [0.1, 0.15) is 55.6 Å². The predicted octanol–water partition coefficient (Wildman–Crippen LogP) is 6.77. The van der Waals surface area contributed by atoms with Gasteiger partial charge in [0.25, 0.3) is 5.91 Å². The minimum atomic E-state index is -5.08. The van der Waals surface area contributed by atoms with E-state index in [9.17, 15) is 35.9 Å². The summed E-state index contributed by atoms with van der Waals surface area (Å²) in [6.07, 6.45) is -9.43. The molecule has 0 unspecified atom stereocenters. The van der Waals surface area contributed by atoms with Gasteiger partial charge in [0.05, 0.1) is 22.2 Å². The Morgan fingerprint density at radius 3 is 2.14 bits per heavy atom. The standard InChI is InChI=1S/C25H26F6N2O3/c1-14(2)7-8-33-19-6-5-18(12-20(19)36-13-23(3,4)22(33)35)32-21(34)15-9-16(24(26,27)28)11-17(10-15)25(29,30)31/h5-6,9-12,14H,7-8,13H2,1-4H3,(H,32,34). The molecule has 0 atom stereocenters. The molecule has 0 aliphatic carbocycles. The smallest absolute Gasteiger partial charge is 0.416 e. The number of anilines is 2. The number of ether oxygens (including phenoxy) is 1. The summed E-state index contributed by atoms with van der Waals surface area (Å²) in [4.78, 5) is 27.4. The summed E-state index contributed by atoms with van der Waals surface area (Å²) in [6, 6.07) is 5.00. The van der Waals surface area contributed by atoms with Gasteiger partial charge in [-0.05, 0) is 56.5 Å². The molecule has 2 aromatic rings. The number of amides is 2. The first kappa shape index (κ1) is 27.3. The van der Waals surface area contributed by atoms with Crippen LogP contribution in [0.3, 0.4) is 0 Å². The highest BCUT2D eigenvalue weighted by Gasteiger charge is 2.39. The SMILES string of the molecule is CC(C)CCN1C(=O)C(C)(C)COc2cc(NC(=O)c3cc(C(F)(F)F)cc(C(F)(F)F)c3)ccc21. The molecule has 2 aromatic carbocycles. The number of hydrogen-bond donors (Lipinski definition) is 1. The second-order valence-electron chi connectivity index (χ2n) is 9.74. The lowest BCUT2D eigenvalue weighted by Crippen LogP contribution is -2.42. The maximum absolute atomic E-state index is 13.1. The molecule has 36 heavy (non-hydrogen) atoms. The average molecular weight is 516 g/mol. The maximum atomic E-state index is 13.1. The Bertz CT molecular complexity index is 1120. The number of halogens is 6. The molecule has 1 heterocycles. The predicted molar refractivity (Wildman–Crippen MR) is 122 cm³/mol. The Labute approximate surface area is 204 Å². The summed E-state index contributed by atoms with van der Waals surface area (Å²) in [6.45, 7) is 7.96. The van der Waals surface area contributed by atoms with E-state index in [2.05, 4.69) is 5.32 Å². The van der Waals surface area contributed by atoms with Crippen LogP contribution in [0, 0.1) is 11.3 Å². The molecule has 0 aromatic heterocycles. The molecule has 5 nitrogen and oxygen atoms in total. The van der Waals surface area contributed by atoms with Crippen molar-refractivity contribution in [2.75, 3.05) is 23.4 Å². The second kappa shape index (κ2) is 9.67. The lowest BCUT2D eigenvalue weighted by molar-refractivity contribution is -0.143. The van der Waals surface area contributed by atoms with Gasteiger partial charge in [0.2, 0.25) is 5.91 Å². The van der Waals surface area contributed by atoms with Crippen LogP contribution >= 0.6 is 0 Å². The van der Waals surface area contributed by atoms with Crippen LogP contribution in [0.5, 0.6) is 5.75 Å². The van der Waals surface area contributed by atoms with Crippen LogP contribution in [0.25, 0.3) is 0 Å². The summed E-state index contributed by atoms with van der Waals surface area (Å²) in [5.41, 5.74) is -4.28. The molecule has 2 amide bonds. The number of carbonyl (C=O) groups excluding carboxylic acids is 2. The van der Waals surface area contributed by atoms with Crippen LogP contribution in [0.2, 0.25) is 0 Å². The van der Waals surface area contributed by atoms with Crippen molar-refractivity contribution in [3.8, 4) is 5.75 Å². The molecular formula is C25H26F6N2O3. The molecule has 3 rings (SSSR count). The molecule has 0 radical (unpaired) electrons. The monoisotopic (exact) mass is 516 g/mol. The summed E-state index contributed by atoms with van der Waals surface area (Å²) in [5.74, 6) is -0.729. The van der Waals surface area contributed by atoms with E-state index >= 15 is 0 Å². The Kier molecular flexibility index (Phi) is 7.34. The zero-order valence-electron chi connectivity index (χ0n) is 20.1. The van der Waals surface area contributed by atoms with E-state index in [1.54, 1.807) is 18.7 Å². The lowest BCUT2D eigenvalue weighted by Gasteiger charge is -2.28. The van der Waals surface area contributed by atoms with Gasteiger partial charge in [-0.25, -0.2) is 0 Å². The summed E-state index contributed by atoms with van der Waals surface area (Å²) in [5, 5.41) is 2.33. The molecule has 0 saturated heterocycles. The summed E-state index contributed by atoms with van der Waals surface area (Å²) < 4.78 is 84.7. The number of hydrogen-bond acceptors (Lipinski definition) is 3. The van der Waals surface area contributed by atoms with Gasteiger partial charge in [0.15, 0.2) is 0 Å². The maximum Gasteiger partial charge on any atom is 0.416 e. The van der Waals surface area contributed by atoms with E-state index in [1.165, 1.54) is 18.2 Å². The van der Waals surface area contributed by atoms with Crippen molar-refractivity contribution in [1.82, 2.24) is 0 Å². The first-order valence-corrected chi connectivity index (χ1v) is 11.2. The molecule has 1 aliphatic rings. The number of benzene rings is 2. The van der Waals surface area contributed by atoms with E-state index in [0.717, 1.165) is 6.42 Å². The first-order valence-electron chi connectivity index (χ1n) is 11.2. The fourth-order valence-corrected chi connectivity index (χ4v) is 3.62. The third-order valence-electron chi connectivity index (χ3n) is 5.70. The van der Waals surface area contributed by atoms with Gasteiger partial charge < -0.3 is 15.0 Å². The Morgan fingerprint density at radius 2 is 1.61 bits per heavy atom. The van der Waals surface area contributed by atoms with E-state index in [4.69, 9.17) is 4.74 Å². The third kappa shape index (κ3) is 6.11. The van der Waals surface area contributed by atoms with E-state index < -0.39 is 40.4 Å². The lowest BCUT2D eigenvalue weighted by atomic mass is 9.92. The first-order chi connectivity index (χ1) is 16.5. The fraction of sp³-hybridized carbons (Fsp3) is 0.440. The van der Waals surface area contributed by atoms with Crippen molar-refractivity contribution >= 4 is 23.2 Å². The zero-order valence-corrected chi connectivity index (χ0v) is 20.1. The van der Waals surface area contributed by atoms with Crippen LogP contribution in [-0.2, 0) is 17.1 Å². The normalized spacial score (nSPS) is 15.9. The van der Waals surface area contributed by atoms with E-state index in [-0.39, 0.29) is 30.0 Å². The van der Waals surface area contributed by atoms with Crippen molar-refractivity contribution < 1.29 is 40.7 Å². The molecule has 0 bridgehead atoms. The van der Waals surface area contributed by atoms with Crippen molar-refractivity contribution in [3.05, 3.63) is 53.1 Å². The fourth-order valence-electron chi connectivity index (χ4n) is 3.62. The number of carbonyl (C=O) groups is 2. The number of nitrogens with zero attached hydrogens (tertiary/aromatic N) is 1. The second-order valence-corrected chi connectivity index (χ2v) is 9.74. The van der Waals surface area contributed by atoms with Gasteiger partial charge in [-0.1, -0.05) is 13.8 Å². The van der Waals surface area contributed by atoms with Gasteiger partial charge in [0, 0.05) is 23.9 Å². The van der Waals surface area contributed by atoms with Crippen LogP contribution in [0.4, 0.5) is 37.7 Å². The van der Waals surface area contributed by atoms with Gasteiger partial charge in [0.1, 0.15) is 12.4 Å². The topological polar surface area (TPSA) is 58.6 Å². The summed E-state index contributed by atoms with van der Waals surface area (Å²) >= 11 is 0. The van der Waals surface area contributed by atoms with E-state index in [1.807, 2.05) is 13.8 Å². The largest absolute Gasteiger partial charge is 0.490 e.